The number of hydrogen-bond acceptors (Lipinski definition) is 3. The van der Waals surface area contributed by atoms with Gasteiger partial charge in [-0.2, -0.15) is 0 Å². The topological polar surface area (TPSA) is 58.6 Å². The van der Waals surface area contributed by atoms with Gasteiger partial charge in [-0.1, -0.05) is 19.1 Å². The molecule has 1 rings (SSSR count). The molecule has 0 radical (unpaired) electrons. The van der Waals surface area contributed by atoms with Crippen molar-refractivity contribution in [3.63, 3.8) is 0 Å². The van der Waals surface area contributed by atoms with Gasteiger partial charge in [0.15, 0.2) is 0 Å². The number of benzene rings is 1. The zero-order chi connectivity index (χ0) is 13.4. The number of hydrogen-bond donors (Lipinski definition) is 2. The van der Waals surface area contributed by atoms with Crippen LogP contribution in [0.3, 0.4) is 0 Å². The Hall–Kier alpha value is -1.55. The second kappa shape index (κ2) is 7.71. The average Bonchev–Trinajstić information content (AvgIpc) is 2.34. The lowest BCUT2D eigenvalue weighted by Gasteiger charge is -2.09. The molecule has 1 unspecified atom stereocenters. The molecular formula is C14H21NO3. The van der Waals surface area contributed by atoms with Crippen LogP contribution in [-0.4, -0.2) is 30.3 Å². The van der Waals surface area contributed by atoms with Crippen molar-refractivity contribution in [1.82, 2.24) is 5.32 Å². The molecule has 0 aliphatic heterocycles. The fourth-order valence-corrected chi connectivity index (χ4v) is 1.47. The summed E-state index contributed by atoms with van der Waals surface area (Å²) in [7, 11) is 0. The molecule has 1 aromatic carbocycles. The Morgan fingerprint density at radius 1 is 1.50 bits per heavy atom. The fourth-order valence-electron chi connectivity index (χ4n) is 1.47. The number of ether oxygens (including phenoxy) is 1. The molecule has 0 spiro atoms. The van der Waals surface area contributed by atoms with Gasteiger partial charge in [0.1, 0.15) is 5.75 Å². The maximum absolute atomic E-state index is 11.6. The van der Waals surface area contributed by atoms with Gasteiger partial charge in [0, 0.05) is 6.54 Å². The Balaban J connectivity index is 2.48. The monoisotopic (exact) mass is 251 g/mol. The molecule has 0 fully saturated rings. The minimum atomic E-state index is -0.520. The van der Waals surface area contributed by atoms with Crippen LogP contribution in [0.4, 0.5) is 0 Å². The zero-order valence-electron chi connectivity index (χ0n) is 11.0. The molecule has 100 valence electrons. The Kier molecular flexibility index (Phi) is 6.22. The molecule has 0 aliphatic carbocycles. The first-order valence-electron chi connectivity index (χ1n) is 6.28. The molecule has 4 nitrogen and oxygen atoms in total. The Morgan fingerprint density at radius 2 is 2.28 bits per heavy atom. The van der Waals surface area contributed by atoms with Crippen molar-refractivity contribution in [2.45, 2.75) is 32.8 Å². The van der Waals surface area contributed by atoms with Crippen molar-refractivity contribution in [3.8, 4) is 5.75 Å². The number of aliphatic hydroxyl groups excluding tert-OH is 1. The molecule has 0 saturated heterocycles. The van der Waals surface area contributed by atoms with Crippen molar-refractivity contribution < 1.29 is 14.6 Å². The van der Waals surface area contributed by atoms with Gasteiger partial charge < -0.3 is 15.2 Å². The highest BCUT2D eigenvalue weighted by atomic mass is 16.5. The van der Waals surface area contributed by atoms with E-state index >= 15 is 0 Å². The Morgan fingerprint density at radius 3 is 2.94 bits per heavy atom. The molecule has 2 N–H and O–H groups in total. The van der Waals surface area contributed by atoms with Crippen LogP contribution in [0, 0.1) is 0 Å². The average molecular weight is 251 g/mol. The van der Waals surface area contributed by atoms with E-state index in [0.29, 0.717) is 13.0 Å². The van der Waals surface area contributed by atoms with Crippen LogP contribution in [0.1, 0.15) is 25.8 Å². The van der Waals surface area contributed by atoms with E-state index < -0.39 is 6.10 Å². The second-order valence-electron chi connectivity index (χ2n) is 4.33. The first kappa shape index (κ1) is 14.5. The van der Waals surface area contributed by atoms with Crippen LogP contribution in [0.25, 0.3) is 0 Å². The van der Waals surface area contributed by atoms with Gasteiger partial charge in [-0.15, -0.1) is 0 Å². The highest BCUT2D eigenvalue weighted by Crippen LogP contribution is 2.14. The molecule has 4 heteroatoms. The van der Waals surface area contributed by atoms with E-state index in [9.17, 15) is 4.79 Å². The summed E-state index contributed by atoms with van der Waals surface area (Å²) in [6.45, 7) is 4.65. The van der Waals surface area contributed by atoms with Gasteiger partial charge in [0.2, 0.25) is 5.91 Å². The van der Waals surface area contributed by atoms with Crippen LogP contribution in [0.15, 0.2) is 24.3 Å². The molecule has 0 aromatic heterocycles. The normalized spacial score (nSPS) is 11.9. The predicted octanol–water partition coefficient (Wildman–Crippen LogP) is 1.51. The quantitative estimate of drug-likeness (QED) is 0.772. The zero-order valence-corrected chi connectivity index (χ0v) is 11.0. The number of aliphatic hydroxyl groups is 1. The molecule has 18 heavy (non-hydrogen) atoms. The summed E-state index contributed by atoms with van der Waals surface area (Å²) in [5.74, 6) is 0.696. The lowest BCUT2D eigenvalue weighted by atomic mass is 10.1. The highest BCUT2D eigenvalue weighted by molar-refractivity contribution is 5.78. The van der Waals surface area contributed by atoms with E-state index in [0.717, 1.165) is 17.7 Å². The molecule has 1 aromatic rings. The van der Waals surface area contributed by atoms with E-state index in [-0.39, 0.29) is 12.5 Å². The Labute approximate surface area is 108 Å². The van der Waals surface area contributed by atoms with Gasteiger partial charge in [-0.05, 0) is 31.0 Å². The minimum Gasteiger partial charge on any atom is -0.494 e. The van der Waals surface area contributed by atoms with Crippen LogP contribution >= 0.6 is 0 Å². The van der Waals surface area contributed by atoms with Gasteiger partial charge in [-0.3, -0.25) is 4.79 Å². The summed E-state index contributed by atoms with van der Waals surface area (Å²) < 4.78 is 5.50. The highest BCUT2D eigenvalue weighted by Gasteiger charge is 2.05. The third kappa shape index (κ3) is 5.68. The molecule has 1 amide bonds. The van der Waals surface area contributed by atoms with E-state index in [2.05, 4.69) is 5.32 Å². The van der Waals surface area contributed by atoms with Crippen molar-refractivity contribution in [3.05, 3.63) is 29.8 Å². The van der Waals surface area contributed by atoms with Crippen LogP contribution < -0.4 is 10.1 Å². The molecular weight excluding hydrogens is 230 g/mol. The summed E-state index contributed by atoms with van der Waals surface area (Å²) in [4.78, 5) is 11.6. The summed E-state index contributed by atoms with van der Waals surface area (Å²) in [5, 5.41) is 11.7. The fraction of sp³-hybridized carbons (Fsp3) is 0.500. The molecule has 0 aliphatic rings. The Bertz CT molecular complexity index is 377. The lowest BCUT2D eigenvalue weighted by Crippen LogP contribution is -2.31. The molecule has 1 atom stereocenters. The molecule has 0 saturated carbocycles. The summed E-state index contributed by atoms with van der Waals surface area (Å²) in [6, 6.07) is 7.52. The third-order valence-corrected chi connectivity index (χ3v) is 2.33. The number of nitrogens with one attached hydrogen (secondary N) is 1. The largest absolute Gasteiger partial charge is 0.494 e. The standard InChI is InChI=1S/C14H21NO3/c1-3-7-18-13-6-4-5-12(8-13)9-14(17)15-10-11(2)16/h4-6,8,11,16H,3,7,9-10H2,1-2H3,(H,15,17). The number of carbonyl (C=O) groups excluding carboxylic acids is 1. The minimum absolute atomic E-state index is 0.0939. The van der Waals surface area contributed by atoms with Crippen molar-refractivity contribution in [2.75, 3.05) is 13.2 Å². The van der Waals surface area contributed by atoms with E-state index in [1.54, 1.807) is 6.92 Å². The maximum atomic E-state index is 11.6. The summed E-state index contributed by atoms with van der Waals surface area (Å²) in [6.07, 6.45) is 0.739. The maximum Gasteiger partial charge on any atom is 0.224 e. The van der Waals surface area contributed by atoms with Crippen molar-refractivity contribution in [2.24, 2.45) is 0 Å². The van der Waals surface area contributed by atoms with Gasteiger partial charge in [0.25, 0.3) is 0 Å². The van der Waals surface area contributed by atoms with Crippen LogP contribution in [0.5, 0.6) is 5.75 Å². The van der Waals surface area contributed by atoms with E-state index in [1.807, 2.05) is 31.2 Å². The number of carbonyl (C=O) groups is 1. The number of rotatable bonds is 7. The SMILES string of the molecule is CCCOc1cccc(CC(=O)NCC(C)O)c1. The summed E-state index contributed by atoms with van der Waals surface area (Å²) in [5.41, 5.74) is 0.909. The van der Waals surface area contributed by atoms with E-state index in [4.69, 9.17) is 9.84 Å². The first-order chi connectivity index (χ1) is 8.61. The third-order valence-electron chi connectivity index (χ3n) is 2.33. The predicted molar refractivity (Wildman–Crippen MR) is 70.6 cm³/mol. The van der Waals surface area contributed by atoms with E-state index in [1.165, 1.54) is 0 Å². The molecule has 0 heterocycles. The van der Waals surface area contributed by atoms with Crippen molar-refractivity contribution in [1.29, 1.82) is 0 Å². The van der Waals surface area contributed by atoms with Crippen LogP contribution in [0.2, 0.25) is 0 Å². The van der Waals surface area contributed by atoms with Crippen molar-refractivity contribution >= 4 is 5.91 Å². The summed E-state index contributed by atoms with van der Waals surface area (Å²) >= 11 is 0. The van der Waals surface area contributed by atoms with Gasteiger partial charge in [-0.25, -0.2) is 0 Å². The smallest absolute Gasteiger partial charge is 0.224 e. The van der Waals surface area contributed by atoms with Crippen LogP contribution in [-0.2, 0) is 11.2 Å². The second-order valence-corrected chi connectivity index (χ2v) is 4.33. The van der Waals surface area contributed by atoms with Gasteiger partial charge in [0.05, 0.1) is 19.1 Å². The van der Waals surface area contributed by atoms with Gasteiger partial charge >= 0.3 is 0 Å². The number of amides is 1. The first-order valence-corrected chi connectivity index (χ1v) is 6.28. The molecule has 0 bridgehead atoms. The lowest BCUT2D eigenvalue weighted by molar-refractivity contribution is -0.120.